The molecule has 0 aromatic carbocycles. The zero-order valence-electron chi connectivity index (χ0n) is 14.4. The molecule has 0 saturated heterocycles. The van der Waals surface area contributed by atoms with Gasteiger partial charge in [0.15, 0.2) is 0 Å². The molecule has 1 fully saturated rings. The lowest BCUT2D eigenvalue weighted by atomic mass is 9.72. The summed E-state index contributed by atoms with van der Waals surface area (Å²) in [5.41, 5.74) is -0.361. The van der Waals surface area contributed by atoms with E-state index in [9.17, 15) is 9.59 Å². The summed E-state index contributed by atoms with van der Waals surface area (Å²) in [4.78, 5) is 24.8. The maximum absolute atomic E-state index is 12.7. The first-order valence-corrected chi connectivity index (χ1v) is 8.06. The number of carbonyl (C=O) groups excluding carboxylic acids is 2. The summed E-state index contributed by atoms with van der Waals surface area (Å²) in [6.45, 7) is 12.1. The van der Waals surface area contributed by atoms with Crippen molar-refractivity contribution in [2.45, 2.75) is 73.3 Å². The molecule has 2 atom stereocenters. The average molecular weight is 297 g/mol. The zero-order chi connectivity index (χ0) is 16.3. The fraction of sp³-hybridized carbons (Fsp3) is 0.882. The molecule has 0 radical (unpaired) electrons. The number of amides is 1. The van der Waals surface area contributed by atoms with Crippen LogP contribution in [0.25, 0.3) is 0 Å². The second kappa shape index (κ2) is 6.80. The maximum Gasteiger partial charge on any atom is 0.319 e. The van der Waals surface area contributed by atoms with E-state index in [1.807, 2.05) is 20.8 Å². The van der Waals surface area contributed by atoms with E-state index in [0.717, 1.165) is 19.3 Å². The summed E-state index contributed by atoms with van der Waals surface area (Å²) in [6, 6.07) is 0.137. The van der Waals surface area contributed by atoms with Gasteiger partial charge in [-0.05, 0) is 30.6 Å². The Balaban J connectivity index is 2.84. The number of nitrogens with one attached hydrogen (secondary N) is 1. The molecule has 1 rings (SSSR count). The first-order valence-electron chi connectivity index (χ1n) is 8.06. The predicted molar refractivity (Wildman–Crippen MR) is 83.8 cm³/mol. The SMILES string of the molecule is CCOC(=O)C(C(=O)NC1CCCCC1(C)C)C(C)(C)C. The van der Waals surface area contributed by atoms with E-state index >= 15 is 0 Å². The van der Waals surface area contributed by atoms with E-state index in [4.69, 9.17) is 4.74 Å². The van der Waals surface area contributed by atoms with Crippen molar-refractivity contribution in [3.8, 4) is 0 Å². The van der Waals surface area contributed by atoms with Crippen molar-refractivity contribution in [3.05, 3.63) is 0 Å². The second-order valence-corrected chi connectivity index (χ2v) is 7.85. The highest BCUT2D eigenvalue weighted by atomic mass is 16.5. The van der Waals surface area contributed by atoms with Crippen molar-refractivity contribution in [1.29, 1.82) is 0 Å². The highest BCUT2D eigenvalue weighted by Crippen LogP contribution is 2.36. The minimum absolute atomic E-state index is 0.0883. The molecular weight excluding hydrogens is 266 g/mol. The lowest BCUT2D eigenvalue weighted by molar-refractivity contribution is -0.157. The van der Waals surface area contributed by atoms with Gasteiger partial charge in [-0.3, -0.25) is 9.59 Å². The molecule has 1 amide bonds. The van der Waals surface area contributed by atoms with Gasteiger partial charge in [-0.2, -0.15) is 0 Å². The minimum Gasteiger partial charge on any atom is -0.465 e. The van der Waals surface area contributed by atoms with Crippen LogP contribution < -0.4 is 5.32 Å². The fourth-order valence-electron chi connectivity index (χ4n) is 3.10. The van der Waals surface area contributed by atoms with Crippen LogP contribution in [-0.2, 0) is 14.3 Å². The van der Waals surface area contributed by atoms with Crippen molar-refractivity contribution in [2.75, 3.05) is 6.61 Å². The molecule has 1 N–H and O–H groups in total. The molecule has 4 nitrogen and oxygen atoms in total. The Morgan fingerprint density at radius 1 is 1.29 bits per heavy atom. The van der Waals surface area contributed by atoms with E-state index in [2.05, 4.69) is 19.2 Å². The van der Waals surface area contributed by atoms with Crippen LogP contribution in [0, 0.1) is 16.7 Å². The first kappa shape index (κ1) is 18.0. The van der Waals surface area contributed by atoms with Gasteiger partial charge in [0.05, 0.1) is 6.61 Å². The molecule has 0 aromatic rings. The van der Waals surface area contributed by atoms with Crippen LogP contribution in [0.3, 0.4) is 0 Å². The van der Waals surface area contributed by atoms with Crippen molar-refractivity contribution in [3.63, 3.8) is 0 Å². The molecule has 2 unspecified atom stereocenters. The molecule has 21 heavy (non-hydrogen) atoms. The van der Waals surface area contributed by atoms with Gasteiger partial charge in [-0.15, -0.1) is 0 Å². The molecule has 1 saturated carbocycles. The molecule has 0 heterocycles. The summed E-state index contributed by atoms with van der Waals surface area (Å²) in [5, 5.41) is 3.12. The van der Waals surface area contributed by atoms with E-state index in [1.54, 1.807) is 6.92 Å². The smallest absolute Gasteiger partial charge is 0.319 e. The predicted octanol–water partition coefficient (Wildman–Crippen LogP) is 3.30. The average Bonchev–Trinajstić information content (AvgIpc) is 2.30. The number of carbonyl (C=O) groups is 2. The van der Waals surface area contributed by atoms with Gasteiger partial charge in [0.25, 0.3) is 0 Å². The van der Waals surface area contributed by atoms with Crippen molar-refractivity contribution in [1.82, 2.24) is 5.32 Å². The third kappa shape index (κ3) is 4.72. The van der Waals surface area contributed by atoms with Gasteiger partial charge < -0.3 is 10.1 Å². The molecular formula is C17H31NO3. The van der Waals surface area contributed by atoms with Gasteiger partial charge in [0.1, 0.15) is 5.92 Å². The number of hydrogen-bond acceptors (Lipinski definition) is 3. The van der Waals surface area contributed by atoms with Crippen LogP contribution in [0.2, 0.25) is 0 Å². The lowest BCUT2D eigenvalue weighted by Gasteiger charge is -2.40. The molecule has 0 bridgehead atoms. The first-order chi connectivity index (χ1) is 9.59. The Kier molecular flexibility index (Phi) is 5.83. The third-order valence-corrected chi connectivity index (χ3v) is 4.47. The molecule has 0 aromatic heterocycles. The van der Waals surface area contributed by atoms with E-state index in [1.165, 1.54) is 6.42 Å². The largest absolute Gasteiger partial charge is 0.465 e. The van der Waals surface area contributed by atoms with Gasteiger partial charge in [-0.25, -0.2) is 0 Å². The zero-order valence-corrected chi connectivity index (χ0v) is 14.4. The Hall–Kier alpha value is -1.06. The van der Waals surface area contributed by atoms with Crippen LogP contribution in [-0.4, -0.2) is 24.5 Å². The number of rotatable bonds is 4. The van der Waals surface area contributed by atoms with Gasteiger partial charge in [0.2, 0.25) is 5.91 Å². The van der Waals surface area contributed by atoms with Crippen molar-refractivity contribution < 1.29 is 14.3 Å². The van der Waals surface area contributed by atoms with Gasteiger partial charge >= 0.3 is 5.97 Å². The Labute approximate surface area is 129 Å². The molecule has 0 aliphatic heterocycles. The monoisotopic (exact) mass is 297 g/mol. The highest BCUT2D eigenvalue weighted by Gasteiger charge is 2.41. The molecule has 1 aliphatic rings. The Morgan fingerprint density at radius 3 is 2.38 bits per heavy atom. The standard InChI is InChI=1S/C17H31NO3/c1-7-21-15(20)13(16(2,3)4)14(19)18-12-10-8-9-11-17(12,5)6/h12-13H,7-11H2,1-6H3,(H,18,19). The normalized spacial score (nSPS) is 23.2. The van der Waals surface area contributed by atoms with Crippen LogP contribution in [0.15, 0.2) is 0 Å². The van der Waals surface area contributed by atoms with Crippen LogP contribution in [0.5, 0.6) is 0 Å². The van der Waals surface area contributed by atoms with Crippen LogP contribution in [0.1, 0.15) is 67.2 Å². The molecule has 122 valence electrons. The molecule has 4 heteroatoms. The van der Waals surface area contributed by atoms with Gasteiger partial charge in [0, 0.05) is 6.04 Å². The summed E-state index contributed by atoms with van der Waals surface area (Å²) in [5.74, 6) is -1.37. The van der Waals surface area contributed by atoms with E-state index in [0.29, 0.717) is 6.61 Å². The fourth-order valence-corrected chi connectivity index (χ4v) is 3.10. The van der Waals surface area contributed by atoms with Crippen LogP contribution in [0.4, 0.5) is 0 Å². The second-order valence-electron chi connectivity index (χ2n) is 7.85. The lowest BCUT2D eigenvalue weighted by Crippen LogP contribution is -2.52. The summed E-state index contributed by atoms with van der Waals surface area (Å²) < 4.78 is 5.09. The summed E-state index contributed by atoms with van der Waals surface area (Å²) >= 11 is 0. The molecule has 0 spiro atoms. The summed E-state index contributed by atoms with van der Waals surface area (Å²) in [6.07, 6.45) is 4.43. The summed E-state index contributed by atoms with van der Waals surface area (Å²) in [7, 11) is 0. The Morgan fingerprint density at radius 2 is 1.90 bits per heavy atom. The van der Waals surface area contributed by atoms with Crippen LogP contribution >= 0.6 is 0 Å². The Bertz CT molecular complexity index is 382. The minimum atomic E-state index is -0.754. The topological polar surface area (TPSA) is 55.4 Å². The maximum atomic E-state index is 12.7. The van der Waals surface area contributed by atoms with E-state index < -0.39 is 17.3 Å². The molecule has 1 aliphatic carbocycles. The highest BCUT2D eigenvalue weighted by molar-refractivity contribution is 5.98. The quantitative estimate of drug-likeness (QED) is 0.640. The number of ether oxygens (including phenoxy) is 1. The number of esters is 1. The number of hydrogen-bond donors (Lipinski definition) is 1. The van der Waals surface area contributed by atoms with E-state index in [-0.39, 0.29) is 17.4 Å². The third-order valence-electron chi connectivity index (χ3n) is 4.47. The van der Waals surface area contributed by atoms with Gasteiger partial charge in [-0.1, -0.05) is 47.5 Å². The van der Waals surface area contributed by atoms with Crippen molar-refractivity contribution >= 4 is 11.9 Å². The van der Waals surface area contributed by atoms with Crippen molar-refractivity contribution in [2.24, 2.45) is 16.7 Å².